The van der Waals surface area contributed by atoms with Crippen LogP contribution in [-0.2, 0) is 17.5 Å². The molecule has 2 heterocycles. The summed E-state index contributed by atoms with van der Waals surface area (Å²) in [7, 11) is 1.61. The first-order valence-electron chi connectivity index (χ1n) is 12.1. The Kier molecular flexibility index (Phi) is 9.17. The Bertz CT molecular complexity index is 1240. The van der Waals surface area contributed by atoms with Crippen molar-refractivity contribution in [3.63, 3.8) is 0 Å². The maximum atomic E-state index is 13.2. The third kappa shape index (κ3) is 7.39. The van der Waals surface area contributed by atoms with Crippen LogP contribution in [0.1, 0.15) is 30.4 Å². The number of nitrogens with zero attached hydrogens (tertiary/aromatic N) is 3. The van der Waals surface area contributed by atoms with Gasteiger partial charge in [0.2, 0.25) is 5.91 Å². The van der Waals surface area contributed by atoms with Crippen molar-refractivity contribution in [2.24, 2.45) is 11.7 Å². The monoisotopic (exact) mass is 564 g/mol. The van der Waals surface area contributed by atoms with Gasteiger partial charge in [-0.15, -0.1) is 0 Å². The number of piperidine rings is 1. The van der Waals surface area contributed by atoms with Gasteiger partial charge in [0.25, 0.3) is 0 Å². The van der Waals surface area contributed by atoms with E-state index >= 15 is 0 Å². The molecule has 2 N–H and O–H groups in total. The van der Waals surface area contributed by atoms with Crippen LogP contribution < -0.4 is 10.5 Å². The van der Waals surface area contributed by atoms with E-state index in [4.69, 9.17) is 22.1 Å². The van der Waals surface area contributed by atoms with Gasteiger partial charge in [-0.3, -0.25) is 9.69 Å². The molecule has 1 saturated heterocycles. The largest absolute Gasteiger partial charge is 0.497 e. The van der Waals surface area contributed by atoms with E-state index in [9.17, 15) is 18.0 Å². The SMILES string of the molecule is COc1ccc(-c2cnc(SC(CC3CCCN(Cc4ccc(Cl)c(C(F)(F)F)c4)C3)C(N)=O)nc2)cc1. The first-order chi connectivity index (χ1) is 18.1. The number of hydrogen-bond acceptors (Lipinski definition) is 6. The van der Waals surface area contributed by atoms with Gasteiger partial charge in [-0.2, -0.15) is 13.2 Å². The number of benzene rings is 2. The smallest absolute Gasteiger partial charge is 0.417 e. The average Bonchev–Trinajstić information content (AvgIpc) is 2.89. The molecule has 1 aromatic heterocycles. The van der Waals surface area contributed by atoms with Crippen LogP contribution in [0.4, 0.5) is 13.2 Å². The molecular formula is C27H28ClF3N4O2S. The number of alkyl halides is 3. The number of aromatic nitrogens is 2. The van der Waals surface area contributed by atoms with Crippen molar-refractivity contribution >= 4 is 29.3 Å². The molecule has 2 unspecified atom stereocenters. The van der Waals surface area contributed by atoms with Crippen molar-refractivity contribution in [1.29, 1.82) is 0 Å². The summed E-state index contributed by atoms with van der Waals surface area (Å²) in [6.07, 6.45) is 1.24. The van der Waals surface area contributed by atoms with Crippen molar-refractivity contribution in [2.45, 2.75) is 42.4 Å². The fourth-order valence-corrected chi connectivity index (χ4v) is 5.79. The number of amides is 1. The number of hydrogen-bond donors (Lipinski definition) is 1. The molecule has 0 spiro atoms. The minimum absolute atomic E-state index is 0.168. The molecule has 11 heteroatoms. The topological polar surface area (TPSA) is 81.3 Å². The lowest BCUT2D eigenvalue weighted by Gasteiger charge is -2.34. The number of methoxy groups -OCH3 is 1. The Hall–Kier alpha value is -2.82. The zero-order valence-corrected chi connectivity index (χ0v) is 22.3. The maximum Gasteiger partial charge on any atom is 0.417 e. The van der Waals surface area contributed by atoms with Gasteiger partial charge in [-0.05, 0) is 67.1 Å². The number of ether oxygens (including phenoxy) is 1. The number of likely N-dealkylation sites (tertiary alicyclic amines) is 1. The van der Waals surface area contributed by atoms with Crippen LogP contribution in [0.15, 0.2) is 60.0 Å². The van der Waals surface area contributed by atoms with E-state index in [0.29, 0.717) is 30.2 Å². The van der Waals surface area contributed by atoms with E-state index in [1.807, 2.05) is 24.3 Å². The predicted molar refractivity (Wildman–Crippen MR) is 142 cm³/mol. The summed E-state index contributed by atoms with van der Waals surface area (Å²) in [5.74, 6) is 0.482. The zero-order chi connectivity index (χ0) is 27.3. The van der Waals surface area contributed by atoms with Crippen LogP contribution >= 0.6 is 23.4 Å². The van der Waals surface area contributed by atoms with E-state index in [-0.39, 0.29) is 10.9 Å². The van der Waals surface area contributed by atoms with Gasteiger partial charge in [-0.25, -0.2) is 9.97 Å². The van der Waals surface area contributed by atoms with Crippen LogP contribution in [0.3, 0.4) is 0 Å². The Labute approximate surface area is 228 Å². The minimum atomic E-state index is -4.50. The Morgan fingerprint density at radius 3 is 2.53 bits per heavy atom. The normalized spacial score (nSPS) is 17.2. The van der Waals surface area contributed by atoms with Crippen LogP contribution in [0.2, 0.25) is 5.02 Å². The molecule has 38 heavy (non-hydrogen) atoms. The average molecular weight is 565 g/mol. The van der Waals surface area contributed by atoms with Crippen molar-refractivity contribution < 1.29 is 22.7 Å². The summed E-state index contributed by atoms with van der Waals surface area (Å²) < 4.78 is 44.9. The van der Waals surface area contributed by atoms with E-state index in [1.54, 1.807) is 25.6 Å². The molecule has 0 aliphatic carbocycles. The van der Waals surface area contributed by atoms with Gasteiger partial charge >= 0.3 is 6.18 Å². The van der Waals surface area contributed by atoms with Gasteiger partial charge < -0.3 is 10.5 Å². The summed E-state index contributed by atoms with van der Waals surface area (Å²) >= 11 is 6.99. The lowest BCUT2D eigenvalue weighted by atomic mass is 9.92. The highest BCUT2D eigenvalue weighted by atomic mass is 35.5. The molecule has 1 aliphatic rings. The van der Waals surface area contributed by atoms with Gasteiger partial charge in [0.15, 0.2) is 5.16 Å². The van der Waals surface area contributed by atoms with Crippen LogP contribution in [-0.4, -0.2) is 46.2 Å². The Morgan fingerprint density at radius 1 is 1.18 bits per heavy atom. The highest BCUT2D eigenvalue weighted by Gasteiger charge is 2.34. The lowest BCUT2D eigenvalue weighted by Crippen LogP contribution is -2.38. The summed E-state index contributed by atoms with van der Waals surface area (Å²) in [6, 6.07) is 11.6. The predicted octanol–water partition coefficient (Wildman–Crippen LogP) is 6.07. The quantitative estimate of drug-likeness (QED) is 0.251. The van der Waals surface area contributed by atoms with E-state index in [1.165, 1.54) is 17.8 Å². The maximum absolute atomic E-state index is 13.2. The summed E-state index contributed by atoms with van der Waals surface area (Å²) in [6.45, 7) is 1.80. The van der Waals surface area contributed by atoms with Crippen LogP contribution in [0.5, 0.6) is 5.75 Å². The number of thioether (sulfide) groups is 1. The number of rotatable bonds is 9. The van der Waals surface area contributed by atoms with Crippen LogP contribution in [0, 0.1) is 5.92 Å². The second-order valence-electron chi connectivity index (χ2n) is 9.28. The summed E-state index contributed by atoms with van der Waals surface area (Å²) in [5, 5.41) is -0.364. The molecule has 6 nitrogen and oxygen atoms in total. The Balaban J connectivity index is 1.37. The highest BCUT2D eigenvalue weighted by Crippen LogP contribution is 2.36. The molecule has 3 aromatic rings. The third-order valence-corrected chi connectivity index (χ3v) is 7.97. The van der Waals surface area contributed by atoms with Gasteiger partial charge in [0, 0.05) is 31.0 Å². The molecule has 2 atom stereocenters. The molecule has 0 bridgehead atoms. The molecule has 0 radical (unpaired) electrons. The fraction of sp³-hybridized carbons (Fsp3) is 0.370. The molecule has 0 saturated carbocycles. The first kappa shape index (κ1) is 28.2. The minimum Gasteiger partial charge on any atom is -0.497 e. The fourth-order valence-electron chi connectivity index (χ4n) is 4.60. The number of carbonyl (C=O) groups excluding carboxylic acids is 1. The van der Waals surface area contributed by atoms with Gasteiger partial charge in [0.1, 0.15) is 5.75 Å². The first-order valence-corrected chi connectivity index (χ1v) is 13.4. The lowest BCUT2D eigenvalue weighted by molar-refractivity contribution is -0.137. The van der Waals surface area contributed by atoms with E-state index in [2.05, 4.69) is 14.9 Å². The summed E-state index contributed by atoms with van der Waals surface area (Å²) in [5.41, 5.74) is 7.23. The van der Waals surface area contributed by atoms with Crippen LogP contribution in [0.25, 0.3) is 11.1 Å². The molecule has 1 aliphatic heterocycles. The van der Waals surface area contributed by atoms with Crippen molar-refractivity contribution in [3.05, 3.63) is 71.0 Å². The number of primary amides is 1. The summed E-state index contributed by atoms with van der Waals surface area (Å²) in [4.78, 5) is 23.2. The second-order valence-corrected chi connectivity index (χ2v) is 10.9. The Morgan fingerprint density at radius 2 is 1.89 bits per heavy atom. The molecule has 1 fully saturated rings. The third-order valence-electron chi connectivity index (χ3n) is 6.51. The van der Waals surface area contributed by atoms with Crippen molar-refractivity contribution in [3.8, 4) is 16.9 Å². The molecule has 202 valence electrons. The van der Waals surface area contributed by atoms with Gasteiger partial charge in [0.05, 0.1) is 22.9 Å². The molecule has 1 amide bonds. The van der Waals surface area contributed by atoms with Crippen molar-refractivity contribution in [1.82, 2.24) is 14.9 Å². The molecule has 4 rings (SSSR count). The van der Waals surface area contributed by atoms with Gasteiger partial charge in [-0.1, -0.05) is 41.6 Å². The second kappa shape index (κ2) is 12.4. The number of halogens is 4. The van der Waals surface area contributed by atoms with E-state index in [0.717, 1.165) is 42.3 Å². The van der Waals surface area contributed by atoms with E-state index < -0.39 is 22.9 Å². The molecule has 2 aromatic carbocycles. The standard InChI is InChI=1S/C27H28ClF3N4O2S/c1-37-21-7-5-19(6-8-21)20-13-33-26(34-14-20)38-24(25(32)36)12-17-3-2-10-35(15-17)16-18-4-9-23(28)22(11-18)27(29,30)31/h4-9,11,13-14,17,24H,2-3,10,12,15-16H2,1H3,(H2,32,36). The molecular weight excluding hydrogens is 537 g/mol. The zero-order valence-electron chi connectivity index (χ0n) is 20.7. The van der Waals surface area contributed by atoms with Crippen molar-refractivity contribution in [2.75, 3.05) is 20.2 Å². The highest BCUT2D eigenvalue weighted by molar-refractivity contribution is 8.00. The number of carbonyl (C=O) groups is 1. The number of nitrogens with two attached hydrogens (primary N) is 1.